The van der Waals surface area contributed by atoms with E-state index in [9.17, 15) is 8.42 Å². The van der Waals surface area contributed by atoms with Crippen LogP contribution in [0.2, 0.25) is 0 Å². The molecule has 35 heavy (non-hydrogen) atoms. The summed E-state index contributed by atoms with van der Waals surface area (Å²) in [5.74, 6) is 2.02. The van der Waals surface area contributed by atoms with E-state index < -0.39 is 10.0 Å². The maximum atomic E-state index is 13.7. The van der Waals surface area contributed by atoms with Crippen molar-refractivity contribution in [2.24, 2.45) is 0 Å². The predicted molar refractivity (Wildman–Crippen MR) is 125 cm³/mol. The van der Waals surface area contributed by atoms with E-state index in [1.165, 1.54) is 40.8 Å². The standard InChI is InChI=1S/C23H25N5O6S/c1-31-21-9-6-17(13-23(21)33-3)10-11-27(15-18-5-4-12-34-18)35(29,30)19-7-8-20(22(14-19)32-2)28-16-24-25-26-28/h4-9,12-14,16H,10-11,15H2,1-3H3. The van der Waals surface area contributed by atoms with Crippen LogP contribution in [0.5, 0.6) is 17.2 Å². The number of methoxy groups -OCH3 is 3. The molecule has 0 radical (unpaired) electrons. The highest BCUT2D eigenvalue weighted by Crippen LogP contribution is 2.30. The number of hydrogen-bond donors (Lipinski definition) is 0. The lowest BCUT2D eigenvalue weighted by Gasteiger charge is -2.22. The Morgan fingerprint density at radius 1 is 0.971 bits per heavy atom. The summed E-state index contributed by atoms with van der Waals surface area (Å²) in [4.78, 5) is 0.0741. The van der Waals surface area contributed by atoms with Gasteiger partial charge in [0.15, 0.2) is 11.5 Å². The molecule has 0 amide bonds. The molecule has 0 unspecified atom stereocenters. The molecule has 0 atom stereocenters. The third kappa shape index (κ3) is 5.28. The second kappa shape index (κ2) is 10.6. The van der Waals surface area contributed by atoms with Gasteiger partial charge in [-0.3, -0.25) is 0 Å². The van der Waals surface area contributed by atoms with Gasteiger partial charge < -0.3 is 18.6 Å². The number of aromatic nitrogens is 4. The minimum absolute atomic E-state index is 0.0691. The number of benzene rings is 2. The Kier molecular flexibility index (Phi) is 7.32. The average molecular weight is 500 g/mol. The molecule has 184 valence electrons. The molecule has 0 saturated carbocycles. The van der Waals surface area contributed by atoms with Crippen molar-refractivity contribution in [2.45, 2.75) is 17.9 Å². The zero-order valence-electron chi connectivity index (χ0n) is 19.5. The van der Waals surface area contributed by atoms with E-state index in [0.29, 0.717) is 35.1 Å². The molecule has 4 aromatic rings. The van der Waals surface area contributed by atoms with Crippen molar-refractivity contribution < 1.29 is 27.0 Å². The Morgan fingerprint density at radius 2 is 1.77 bits per heavy atom. The number of hydrogen-bond acceptors (Lipinski definition) is 9. The first-order valence-electron chi connectivity index (χ1n) is 10.6. The van der Waals surface area contributed by atoms with Crippen LogP contribution in [0.1, 0.15) is 11.3 Å². The summed E-state index contributed by atoms with van der Waals surface area (Å²) in [6.45, 7) is 0.273. The van der Waals surface area contributed by atoms with Crippen molar-refractivity contribution in [1.82, 2.24) is 24.5 Å². The fourth-order valence-electron chi connectivity index (χ4n) is 3.58. The van der Waals surface area contributed by atoms with Gasteiger partial charge in [-0.1, -0.05) is 6.07 Å². The number of tetrazole rings is 1. The van der Waals surface area contributed by atoms with Crippen LogP contribution < -0.4 is 14.2 Å². The number of sulfonamides is 1. The monoisotopic (exact) mass is 499 g/mol. The van der Waals surface area contributed by atoms with Crippen LogP contribution in [0.3, 0.4) is 0 Å². The van der Waals surface area contributed by atoms with Gasteiger partial charge in [0.25, 0.3) is 0 Å². The fraction of sp³-hybridized carbons (Fsp3) is 0.261. The van der Waals surface area contributed by atoms with Gasteiger partial charge in [0.2, 0.25) is 10.0 Å². The van der Waals surface area contributed by atoms with Crippen LogP contribution in [-0.2, 0) is 23.0 Å². The summed E-state index contributed by atoms with van der Waals surface area (Å²) in [5.41, 5.74) is 1.41. The van der Waals surface area contributed by atoms with Gasteiger partial charge in [-0.05, 0) is 58.8 Å². The van der Waals surface area contributed by atoms with E-state index in [2.05, 4.69) is 15.5 Å². The minimum Gasteiger partial charge on any atom is -0.494 e. The maximum absolute atomic E-state index is 13.7. The first kappa shape index (κ1) is 24.2. The van der Waals surface area contributed by atoms with E-state index >= 15 is 0 Å². The highest BCUT2D eigenvalue weighted by Gasteiger charge is 2.27. The van der Waals surface area contributed by atoms with Crippen molar-refractivity contribution in [3.05, 3.63) is 72.4 Å². The summed E-state index contributed by atoms with van der Waals surface area (Å²) < 4.78 is 51.7. The molecule has 2 aromatic heterocycles. The van der Waals surface area contributed by atoms with Crippen molar-refractivity contribution in [1.29, 1.82) is 0 Å². The number of rotatable bonds is 11. The molecular weight excluding hydrogens is 474 g/mol. The Balaban J connectivity index is 1.64. The summed E-state index contributed by atoms with van der Waals surface area (Å²) in [7, 11) is 0.659. The molecule has 0 saturated heterocycles. The normalized spacial score (nSPS) is 11.5. The Hall–Kier alpha value is -3.90. The third-order valence-corrected chi connectivity index (χ3v) is 7.24. The Labute approximate surface area is 202 Å². The van der Waals surface area contributed by atoms with E-state index in [1.54, 1.807) is 38.5 Å². The highest BCUT2D eigenvalue weighted by molar-refractivity contribution is 7.89. The topological polar surface area (TPSA) is 122 Å². The fourth-order valence-corrected chi connectivity index (χ4v) is 5.00. The zero-order chi connectivity index (χ0) is 24.8. The Bertz CT molecular complexity index is 1360. The SMILES string of the molecule is COc1ccc(CCN(Cc2ccco2)S(=O)(=O)c2ccc(-n3cnnn3)c(OC)c2)cc1OC. The van der Waals surface area contributed by atoms with Gasteiger partial charge in [0.05, 0.1) is 39.0 Å². The third-order valence-electron chi connectivity index (χ3n) is 5.39. The molecule has 0 aliphatic carbocycles. The van der Waals surface area contributed by atoms with Crippen molar-refractivity contribution in [3.8, 4) is 22.9 Å². The number of nitrogens with zero attached hydrogens (tertiary/aromatic N) is 5. The molecule has 12 heteroatoms. The first-order valence-corrected chi connectivity index (χ1v) is 12.0. The van der Waals surface area contributed by atoms with E-state index in [1.807, 2.05) is 12.1 Å². The predicted octanol–water partition coefficient (Wildman–Crippen LogP) is 2.71. The van der Waals surface area contributed by atoms with Crippen LogP contribution in [0.15, 0.2) is 70.4 Å². The van der Waals surface area contributed by atoms with Crippen LogP contribution in [0, 0.1) is 0 Å². The van der Waals surface area contributed by atoms with E-state index in [4.69, 9.17) is 18.6 Å². The molecule has 0 aliphatic rings. The molecule has 0 spiro atoms. The van der Waals surface area contributed by atoms with Crippen LogP contribution >= 0.6 is 0 Å². The molecule has 11 nitrogen and oxygen atoms in total. The van der Waals surface area contributed by atoms with Gasteiger partial charge in [-0.25, -0.2) is 8.42 Å². The first-order chi connectivity index (χ1) is 17.0. The molecule has 0 aliphatic heterocycles. The van der Waals surface area contributed by atoms with Crippen molar-refractivity contribution >= 4 is 10.0 Å². The average Bonchev–Trinajstić information content (AvgIpc) is 3.60. The van der Waals surface area contributed by atoms with Gasteiger partial charge in [0, 0.05) is 12.6 Å². The van der Waals surface area contributed by atoms with Crippen LogP contribution in [0.25, 0.3) is 5.69 Å². The summed E-state index contributed by atoms with van der Waals surface area (Å²) in [5, 5.41) is 11.1. The summed E-state index contributed by atoms with van der Waals surface area (Å²) >= 11 is 0. The molecule has 0 N–H and O–H groups in total. The smallest absolute Gasteiger partial charge is 0.243 e. The van der Waals surface area contributed by atoms with Gasteiger partial charge in [0.1, 0.15) is 23.5 Å². The van der Waals surface area contributed by atoms with Gasteiger partial charge >= 0.3 is 0 Å². The van der Waals surface area contributed by atoms with Gasteiger partial charge in [-0.2, -0.15) is 8.99 Å². The second-order valence-corrected chi connectivity index (χ2v) is 9.38. The second-order valence-electron chi connectivity index (χ2n) is 7.45. The zero-order valence-corrected chi connectivity index (χ0v) is 20.3. The molecule has 0 bridgehead atoms. The summed E-state index contributed by atoms with van der Waals surface area (Å²) in [6.07, 6.45) is 3.36. The van der Waals surface area contributed by atoms with Crippen molar-refractivity contribution in [2.75, 3.05) is 27.9 Å². The number of ether oxygens (including phenoxy) is 3. The maximum Gasteiger partial charge on any atom is 0.243 e. The largest absolute Gasteiger partial charge is 0.494 e. The molecule has 2 heterocycles. The number of furan rings is 1. The molecule has 4 rings (SSSR count). The van der Waals surface area contributed by atoms with E-state index in [0.717, 1.165) is 5.56 Å². The molecule has 2 aromatic carbocycles. The lowest BCUT2D eigenvalue weighted by Crippen LogP contribution is -2.32. The Morgan fingerprint density at radius 3 is 2.43 bits per heavy atom. The minimum atomic E-state index is -3.92. The quantitative estimate of drug-likeness (QED) is 0.306. The molecular formula is C23H25N5O6S. The summed E-state index contributed by atoms with van der Waals surface area (Å²) in [6, 6.07) is 13.5. The van der Waals surface area contributed by atoms with Crippen LogP contribution in [-0.4, -0.2) is 60.8 Å². The molecule has 0 fully saturated rings. The lowest BCUT2D eigenvalue weighted by molar-refractivity contribution is 0.353. The van der Waals surface area contributed by atoms with Crippen molar-refractivity contribution in [3.63, 3.8) is 0 Å². The lowest BCUT2D eigenvalue weighted by atomic mass is 10.1. The van der Waals surface area contributed by atoms with E-state index in [-0.39, 0.29) is 18.0 Å². The highest BCUT2D eigenvalue weighted by atomic mass is 32.2. The van der Waals surface area contributed by atoms with Gasteiger partial charge in [-0.15, -0.1) is 5.10 Å². The van der Waals surface area contributed by atoms with Crippen LogP contribution in [0.4, 0.5) is 0 Å².